The molecule has 0 radical (unpaired) electrons. The fourth-order valence-electron chi connectivity index (χ4n) is 3.05. The van der Waals surface area contributed by atoms with Crippen molar-refractivity contribution >= 4 is 31.0 Å². The van der Waals surface area contributed by atoms with Gasteiger partial charge < -0.3 is 4.74 Å². The minimum absolute atomic E-state index is 0.0691. The molecule has 1 aromatic heterocycles. The van der Waals surface area contributed by atoms with E-state index in [-0.39, 0.29) is 19.6 Å². The molecule has 2 saturated heterocycles. The lowest BCUT2D eigenvalue weighted by molar-refractivity contribution is -0.0731. The highest BCUT2D eigenvalue weighted by Crippen LogP contribution is 2.57. The largest absolute Gasteiger partial charge is 0.475 e. The van der Waals surface area contributed by atoms with E-state index in [1.807, 2.05) is 4.98 Å². The Morgan fingerprint density at radius 1 is 1.28 bits per heavy atom. The van der Waals surface area contributed by atoms with Crippen LogP contribution < -0.4 is 11.2 Å². The van der Waals surface area contributed by atoms with Crippen LogP contribution in [0.4, 0.5) is 4.39 Å². The molecule has 4 atom stereocenters. The van der Waals surface area contributed by atoms with Gasteiger partial charge >= 0.3 is 13.5 Å². The van der Waals surface area contributed by atoms with Crippen molar-refractivity contribution in [3.8, 4) is 0 Å². The summed E-state index contributed by atoms with van der Waals surface area (Å²) >= 11 is 12.1. The molecule has 29 heavy (non-hydrogen) atoms. The first kappa shape index (κ1) is 20.7. The van der Waals surface area contributed by atoms with E-state index < -0.39 is 43.3 Å². The van der Waals surface area contributed by atoms with E-state index in [4.69, 9.17) is 41.5 Å². The number of fused-ring (bicyclic) bond motifs is 1. The summed E-state index contributed by atoms with van der Waals surface area (Å²) in [5.41, 5.74) is -1.54. The Kier molecular flexibility index (Phi) is 5.69. The molecule has 2 aromatic rings. The second-order valence-electron chi connectivity index (χ2n) is 6.37. The number of aromatic nitrogens is 2. The average molecular weight is 467 g/mol. The van der Waals surface area contributed by atoms with Crippen molar-refractivity contribution in [1.29, 1.82) is 0 Å². The van der Waals surface area contributed by atoms with Crippen LogP contribution in [0.25, 0.3) is 0 Å². The van der Waals surface area contributed by atoms with Gasteiger partial charge in [0, 0.05) is 22.0 Å². The highest BCUT2D eigenvalue weighted by Gasteiger charge is 2.48. The van der Waals surface area contributed by atoms with Gasteiger partial charge in [-0.3, -0.25) is 27.9 Å². The van der Waals surface area contributed by atoms with E-state index in [1.165, 1.54) is 0 Å². The van der Waals surface area contributed by atoms with Crippen LogP contribution in [-0.4, -0.2) is 28.4 Å². The summed E-state index contributed by atoms with van der Waals surface area (Å²) in [4.78, 5) is 24.9. The van der Waals surface area contributed by atoms with Crippen LogP contribution in [0.1, 0.15) is 18.2 Å². The Bertz CT molecular complexity index is 1090. The maximum Gasteiger partial charge on any atom is 0.475 e. The Morgan fingerprint density at radius 2 is 2.00 bits per heavy atom. The van der Waals surface area contributed by atoms with Gasteiger partial charge in [-0.05, 0) is 12.1 Å². The SMILES string of the molecule is O=c1[nH]c(=O)n([C@H]2C[C@@H]3OP(=O)(OCc4c(Cl)cccc4Cl)OC[C@H]3O2)cc1F. The second-order valence-corrected chi connectivity index (χ2v) is 8.81. The molecule has 3 heterocycles. The molecule has 2 aliphatic rings. The van der Waals surface area contributed by atoms with Crippen molar-refractivity contribution in [3.05, 3.63) is 66.7 Å². The van der Waals surface area contributed by atoms with E-state index in [0.29, 0.717) is 15.6 Å². The van der Waals surface area contributed by atoms with Crippen molar-refractivity contribution in [2.45, 2.75) is 31.5 Å². The van der Waals surface area contributed by atoms with E-state index in [2.05, 4.69) is 0 Å². The summed E-state index contributed by atoms with van der Waals surface area (Å²) in [6, 6.07) is 4.88. The van der Waals surface area contributed by atoms with E-state index in [9.17, 15) is 18.5 Å². The number of nitrogens with zero attached hydrogens (tertiary/aromatic N) is 1. The van der Waals surface area contributed by atoms with E-state index in [1.54, 1.807) is 18.2 Å². The average Bonchev–Trinajstić information content (AvgIpc) is 3.06. The Labute approximate surface area is 172 Å². The molecule has 13 heteroatoms. The maximum atomic E-state index is 13.5. The van der Waals surface area contributed by atoms with Gasteiger partial charge in [-0.25, -0.2) is 9.36 Å². The Balaban J connectivity index is 1.46. The van der Waals surface area contributed by atoms with Gasteiger partial charge in [-0.2, -0.15) is 4.39 Å². The van der Waals surface area contributed by atoms with Crippen molar-refractivity contribution in [2.24, 2.45) is 0 Å². The topological polar surface area (TPSA) is 109 Å². The van der Waals surface area contributed by atoms with Crippen LogP contribution >= 0.6 is 31.0 Å². The number of phosphoric acid groups is 1. The van der Waals surface area contributed by atoms with Gasteiger partial charge in [0.05, 0.1) is 19.4 Å². The van der Waals surface area contributed by atoms with Gasteiger partial charge in [0.2, 0.25) is 5.82 Å². The first-order chi connectivity index (χ1) is 13.8. The monoisotopic (exact) mass is 466 g/mol. The number of hydrogen-bond donors (Lipinski definition) is 1. The van der Waals surface area contributed by atoms with Crippen LogP contribution in [-0.2, 0) is 29.5 Å². The van der Waals surface area contributed by atoms with Crippen molar-refractivity contribution < 1.29 is 27.3 Å². The summed E-state index contributed by atoms with van der Waals surface area (Å²) < 4.78 is 48.9. The fourth-order valence-corrected chi connectivity index (χ4v) is 4.92. The van der Waals surface area contributed by atoms with Crippen molar-refractivity contribution in [2.75, 3.05) is 6.61 Å². The van der Waals surface area contributed by atoms with E-state index in [0.717, 1.165) is 10.8 Å². The lowest BCUT2D eigenvalue weighted by atomic mass is 10.2. The third-order valence-electron chi connectivity index (χ3n) is 4.51. The zero-order chi connectivity index (χ0) is 20.8. The fraction of sp³-hybridized carbons (Fsp3) is 0.375. The van der Waals surface area contributed by atoms with Gasteiger partial charge in [0.15, 0.2) is 0 Å². The first-order valence-electron chi connectivity index (χ1n) is 8.42. The van der Waals surface area contributed by atoms with Gasteiger partial charge in [-0.1, -0.05) is 29.3 Å². The molecule has 2 fully saturated rings. The third-order valence-corrected chi connectivity index (χ3v) is 6.65. The minimum atomic E-state index is -3.95. The third kappa shape index (κ3) is 4.20. The molecule has 0 amide bonds. The molecule has 1 N–H and O–H groups in total. The van der Waals surface area contributed by atoms with Crippen LogP contribution in [0.5, 0.6) is 0 Å². The predicted octanol–water partition coefficient (Wildman–Crippen LogP) is 3.01. The summed E-state index contributed by atoms with van der Waals surface area (Å²) in [7, 11) is -3.95. The lowest BCUT2D eigenvalue weighted by Crippen LogP contribution is -2.34. The number of H-pyrrole nitrogens is 1. The van der Waals surface area contributed by atoms with Gasteiger partial charge in [-0.15, -0.1) is 0 Å². The zero-order valence-electron chi connectivity index (χ0n) is 14.5. The molecule has 1 unspecified atom stereocenters. The number of aromatic amines is 1. The van der Waals surface area contributed by atoms with Gasteiger partial charge in [0.25, 0.3) is 5.56 Å². The summed E-state index contributed by atoms with van der Waals surface area (Å²) in [5.74, 6) is -1.13. The molecule has 156 valence electrons. The molecule has 2 aliphatic heterocycles. The molecule has 0 aliphatic carbocycles. The summed E-state index contributed by atoms with van der Waals surface area (Å²) in [5, 5.41) is 0.672. The van der Waals surface area contributed by atoms with E-state index >= 15 is 0 Å². The smallest absolute Gasteiger partial charge is 0.349 e. The molecule has 0 saturated carbocycles. The first-order valence-corrected chi connectivity index (χ1v) is 10.6. The zero-order valence-corrected chi connectivity index (χ0v) is 17.0. The van der Waals surface area contributed by atoms with Crippen molar-refractivity contribution in [3.63, 3.8) is 0 Å². The molecular weight excluding hydrogens is 453 g/mol. The van der Waals surface area contributed by atoms with Gasteiger partial charge in [0.1, 0.15) is 18.4 Å². The normalized spacial score (nSPS) is 29.0. The molecule has 1 aromatic carbocycles. The minimum Gasteiger partial charge on any atom is -0.349 e. The maximum absolute atomic E-state index is 13.5. The molecular formula is C16H14Cl2FN2O7P. The number of rotatable bonds is 4. The molecule has 4 rings (SSSR count). The van der Waals surface area contributed by atoms with Crippen LogP contribution in [0.15, 0.2) is 34.0 Å². The predicted molar refractivity (Wildman–Crippen MR) is 99.5 cm³/mol. The summed E-state index contributed by atoms with van der Waals surface area (Å²) in [6.45, 7) is -0.336. The molecule has 0 spiro atoms. The number of hydrogen-bond acceptors (Lipinski definition) is 7. The second kappa shape index (κ2) is 7.96. The van der Waals surface area contributed by atoms with Crippen LogP contribution in [0, 0.1) is 5.82 Å². The molecule has 0 bridgehead atoms. The van der Waals surface area contributed by atoms with Crippen LogP contribution in [0.2, 0.25) is 10.0 Å². The highest BCUT2D eigenvalue weighted by molar-refractivity contribution is 7.48. The Hall–Kier alpha value is -1.52. The molecule has 9 nitrogen and oxygen atoms in total. The number of phosphoric ester groups is 1. The standard InChI is InChI=1S/C16H14Cl2FN2O7P/c17-9-2-1-3-10(18)8(9)6-25-29(24)26-7-13-12(28-29)4-14(27-13)21-5-11(19)15(22)20-16(21)23/h1-3,5,12-14H,4,6-7H2,(H,20,22,23)/t12-,13+,14+,29?/m0/s1. The number of ether oxygens (including phenoxy) is 1. The highest BCUT2D eigenvalue weighted by atomic mass is 35.5. The Morgan fingerprint density at radius 3 is 2.72 bits per heavy atom. The lowest BCUT2D eigenvalue weighted by Gasteiger charge is -2.29. The van der Waals surface area contributed by atoms with Crippen LogP contribution in [0.3, 0.4) is 0 Å². The summed E-state index contributed by atoms with van der Waals surface area (Å²) in [6.07, 6.45) is -1.50. The van der Waals surface area contributed by atoms with Crippen molar-refractivity contribution in [1.82, 2.24) is 9.55 Å². The number of nitrogens with one attached hydrogen (secondary N) is 1. The number of halogens is 3. The number of benzene rings is 1. The quantitative estimate of drug-likeness (QED) is 0.689.